The van der Waals surface area contributed by atoms with E-state index < -0.39 is 10.0 Å². The van der Waals surface area contributed by atoms with Crippen molar-refractivity contribution < 1.29 is 17.9 Å². The molecule has 0 aromatic heterocycles. The molecule has 0 heterocycles. The minimum Gasteiger partial charge on any atom is -0.493 e. The summed E-state index contributed by atoms with van der Waals surface area (Å²) in [4.78, 5) is 0. The zero-order chi connectivity index (χ0) is 18.0. The largest absolute Gasteiger partial charge is 0.493 e. The van der Waals surface area contributed by atoms with Gasteiger partial charge in [-0.1, -0.05) is 54.3 Å². The first kappa shape index (κ1) is 18.6. The highest BCUT2D eigenvalue weighted by Gasteiger charge is 2.02. The highest BCUT2D eigenvalue weighted by Crippen LogP contribution is 2.25. The molecule has 0 saturated heterocycles. The van der Waals surface area contributed by atoms with E-state index in [1.807, 2.05) is 42.5 Å². The summed E-state index contributed by atoms with van der Waals surface area (Å²) in [6.45, 7) is 0.151. The average molecular weight is 357 g/mol. The summed E-state index contributed by atoms with van der Waals surface area (Å²) >= 11 is 0. The second kappa shape index (κ2) is 9.52. The van der Waals surface area contributed by atoms with E-state index in [0.29, 0.717) is 11.5 Å². The lowest BCUT2D eigenvalue weighted by Gasteiger charge is -2.07. The number of methoxy groups -OCH3 is 1. The van der Waals surface area contributed by atoms with Crippen LogP contribution in [0, 0.1) is 11.8 Å². The van der Waals surface area contributed by atoms with Crippen LogP contribution in [0.3, 0.4) is 0 Å². The molecule has 0 aliphatic heterocycles. The van der Waals surface area contributed by atoms with Crippen LogP contribution in [0.4, 0.5) is 0 Å². The number of benzene rings is 2. The van der Waals surface area contributed by atoms with Crippen LogP contribution in [0.15, 0.2) is 60.0 Å². The van der Waals surface area contributed by atoms with Gasteiger partial charge in [0.25, 0.3) is 0 Å². The number of rotatable bonds is 7. The summed E-state index contributed by atoms with van der Waals surface area (Å²) in [5.41, 5.74) is 0.809. The van der Waals surface area contributed by atoms with Crippen molar-refractivity contribution in [2.45, 2.75) is 0 Å². The Kier molecular flexibility index (Phi) is 7.08. The minimum atomic E-state index is -3.52. The predicted molar refractivity (Wildman–Crippen MR) is 98.7 cm³/mol. The van der Waals surface area contributed by atoms with Gasteiger partial charge in [-0.15, -0.1) is 0 Å². The number of hydrogen-bond donors (Lipinski definition) is 1. The molecule has 0 bridgehead atoms. The van der Waals surface area contributed by atoms with E-state index in [9.17, 15) is 8.42 Å². The van der Waals surface area contributed by atoms with Gasteiger partial charge in [0.05, 0.1) is 13.7 Å². The zero-order valence-corrected chi connectivity index (χ0v) is 14.6. The molecule has 0 fully saturated rings. The zero-order valence-electron chi connectivity index (χ0n) is 13.8. The average Bonchev–Trinajstić information content (AvgIpc) is 2.64. The SMILES string of the molecule is COc1ccccc1OCC#CCNS(=O)(=O)/C=C/c1ccccc1. The van der Waals surface area contributed by atoms with Crippen molar-refractivity contribution in [2.24, 2.45) is 0 Å². The van der Waals surface area contributed by atoms with Gasteiger partial charge in [0.2, 0.25) is 10.0 Å². The predicted octanol–water partition coefficient (Wildman–Crippen LogP) is 2.67. The van der Waals surface area contributed by atoms with Crippen molar-refractivity contribution in [1.82, 2.24) is 4.72 Å². The highest BCUT2D eigenvalue weighted by molar-refractivity contribution is 7.92. The molecule has 1 N–H and O–H groups in total. The van der Waals surface area contributed by atoms with Gasteiger partial charge in [0.15, 0.2) is 11.5 Å². The summed E-state index contributed by atoms with van der Waals surface area (Å²) in [6.07, 6.45) is 1.53. The van der Waals surface area contributed by atoms with Crippen molar-refractivity contribution in [3.8, 4) is 23.3 Å². The van der Waals surface area contributed by atoms with Crippen LogP contribution in [0.25, 0.3) is 6.08 Å². The third-order valence-electron chi connectivity index (χ3n) is 3.09. The van der Waals surface area contributed by atoms with Crippen LogP contribution in [-0.2, 0) is 10.0 Å². The molecule has 0 radical (unpaired) electrons. The van der Waals surface area contributed by atoms with E-state index in [0.717, 1.165) is 11.0 Å². The van der Waals surface area contributed by atoms with Crippen LogP contribution >= 0.6 is 0 Å². The summed E-state index contributed by atoms with van der Waals surface area (Å²) in [6, 6.07) is 16.4. The standard InChI is InChI=1S/C19H19NO4S/c1-23-18-11-5-6-12-19(18)24-15-8-7-14-20-25(21,22)16-13-17-9-3-2-4-10-17/h2-6,9-13,16,20H,14-15H2,1H3/b16-13+. The first-order valence-electron chi connectivity index (χ1n) is 7.55. The highest BCUT2D eigenvalue weighted by atomic mass is 32.2. The van der Waals surface area contributed by atoms with E-state index in [-0.39, 0.29) is 13.2 Å². The smallest absolute Gasteiger partial charge is 0.234 e. The van der Waals surface area contributed by atoms with Gasteiger partial charge in [0, 0.05) is 5.41 Å². The third kappa shape index (κ3) is 6.71. The van der Waals surface area contributed by atoms with E-state index in [1.165, 1.54) is 6.08 Å². The van der Waals surface area contributed by atoms with Crippen LogP contribution in [0.2, 0.25) is 0 Å². The molecule has 6 heteroatoms. The molecular weight excluding hydrogens is 338 g/mol. The second-order valence-electron chi connectivity index (χ2n) is 4.87. The molecule has 25 heavy (non-hydrogen) atoms. The summed E-state index contributed by atoms with van der Waals surface area (Å²) < 4.78 is 36.7. The maximum atomic E-state index is 11.8. The van der Waals surface area contributed by atoms with Crippen LogP contribution in [0.1, 0.15) is 5.56 Å². The molecule has 0 amide bonds. The van der Waals surface area contributed by atoms with Gasteiger partial charge in [-0.05, 0) is 23.8 Å². The molecule has 2 aromatic rings. The second-order valence-corrected chi connectivity index (χ2v) is 6.52. The van der Waals surface area contributed by atoms with Gasteiger partial charge >= 0.3 is 0 Å². The van der Waals surface area contributed by atoms with Crippen LogP contribution in [-0.4, -0.2) is 28.7 Å². The van der Waals surface area contributed by atoms with Crippen LogP contribution in [0.5, 0.6) is 11.5 Å². The molecule has 0 saturated carbocycles. The lowest BCUT2D eigenvalue weighted by atomic mass is 10.2. The first-order chi connectivity index (χ1) is 12.1. The van der Waals surface area contributed by atoms with Crippen molar-refractivity contribution in [1.29, 1.82) is 0 Å². The van der Waals surface area contributed by atoms with Crippen molar-refractivity contribution in [3.05, 3.63) is 65.6 Å². The number of sulfonamides is 1. The maximum Gasteiger partial charge on any atom is 0.234 e. The Bertz CT molecular complexity index is 865. The van der Waals surface area contributed by atoms with Crippen LogP contribution < -0.4 is 14.2 Å². The summed E-state index contributed by atoms with van der Waals surface area (Å²) in [5, 5.41) is 1.12. The fraction of sp³-hybridized carbons (Fsp3) is 0.158. The third-order valence-corrected chi connectivity index (χ3v) is 4.14. The molecule has 0 spiro atoms. The van der Waals surface area contributed by atoms with Crippen molar-refractivity contribution in [2.75, 3.05) is 20.3 Å². The first-order valence-corrected chi connectivity index (χ1v) is 9.10. The van der Waals surface area contributed by atoms with Crippen molar-refractivity contribution in [3.63, 3.8) is 0 Å². The molecule has 0 aliphatic carbocycles. The lowest BCUT2D eigenvalue weighted by molar-refractivity contribution is 0.331. The molecule has 2 rings (SSSR count). The van der Waals surface area contributed by atoms with Gasteiger partial charge in [-0.2, -0.15) is 4.72 Å². The van der Waals surface area contributed by atoms with Gasteiger partial charge < -0.3 is 9.47 Å². The molecule has 0 unspecified atom stereocenters. The van der Waals surface area contributed by atoms with Gasteiger partial charge in [0.1, 0.15) is 6.61 Å². The number of para-hydroxylation sites is 2. The molecule has 130 valence electrons. The Hall–Kier alpha value is -2.75. The Morgan fingerprint density at radius 2 is 1.68 bits per heavy atom. The number of hydrogen-bond acceptors (Lipinski definition) is 4. The quantitative estimate of drug-likeness (QED) is 0.774. The molecule has 5 nitrogen and oxygen atoms in total. The Labute approximate surface area is 148 Å². The Morgan fingerprint density at radius 3 is 2.40 bits per heavy atom. The molecule has 0 atom stereocenters. The molecule has 0 aliphatic rings. The Balaban J connectivity index is 1.78. The molecular formula is C19H19NO4S. The van der Waals surface area contributed by atoms with E-state index in [2.05, 4.69) is 16.6 Å². The lowest BCUT2D eigenvalue weighted by Crippen LogP contribution is -2.21. The monoisotopic (exact) mass is 357 g/mol. The van der Waals surface area contributed by atoms with Crippen molar-refractivity contribution >= 4 is 16.1 Å². The normalized spacial score (nSPS) is 10.9. The molecule has 2 aromatic carbocycles. The minimum absolute atomic E-state index is 0.0107. The van der Waals surface area contributed by atoms with Gasteiger partial charge in [-0.3, -0.25) is 0 Å². The van der Waals surface area contributed by atoms with E-state index >= 15 is 0 Å². The fourth-order valence-corrected chi connectivity index (χ4v) is 2.59. The summed E-state index contributed by atoms with van der Waals surface area (Å²) in [5.74, 6) is 6.67. The van der Waals surface area contributed by atoms with E-state index in [1.54, 1.807) is 19.2 Å². The topological polar surface area (TPSA) is 64.6 Å². The Morgan fingerprint density at radius 1 is 1.00 bits per heavy atom. The number of nitrogens with one attached hydrogen (secondary N) is 1. The van der Waals surface area contributed by atoms with E-state index in [4.69, 9.17) is 9.47 Å². The summed E-state index contributed by atoms with van der Waals surface area (Å²) in [7, 11) is -1.96. The number of ether oxygens (including phenoxy) is 2. The van der Waals surface area contributed by atoms with Gasteiger partial charge in [-0.25, -0.2) is 8.42 Å². The fourth-order valence-electron chi connectivity index (χ4n) is 1.88. The maximum absolute atomic E-state index is 11.8.